The van der Waals surface area contributed by atoms with Crippen molar-refractivity contribution < 1.29 is 14.6 Å². The lowest BCUT2D eigenvalue weighted by Crippen LogP contribution is -2.46. The maximum absolute atomic E-state index is 11.3. The molecule has 0 amide bonds. The van der Waals surface area contributed by atoms with E-state index in [1.165, 1.54) is 38.5 Å². The van der Waals surface area contributed by atoms with E-state index in [1.807, 2.05) is 6.07 Å². The summed E-state index contributed by atoms with van der Waals surface area (Å²) >= 11 is 0. The number of fused-ring (bicyclic) bond motifs is 3. The maximum Gasteiger partial charge on any atom is 0.335 e. The van der Waals surface area contributed by atoms with Gasteiger partial charge in [0.15, 0.2) is 0 Å². The SMILES string of the molecule is Cl.O=C(O)c1ccc2c(c1)NC(C1CCCCC1)C1CCCOC21. The van der Waals surface area contributed by atoms with Crippen molar-refractivity contribution in [1.82, 2.24) is 0 Å². The second-order valence-electron chi connectivity index (χ2n) is 7.27. The van der Waals surface area contributed by atoms with E-state index in [0.717, 1.165) is 24.3 Å². The molecular weight excluding hydrogens is 326 g/mol. The van der Waals surface area contributed by atoms with E-state index in [1.54, 1.807) is 12.1 Å². The largest absolute Gasteiger partial charge is 0.478 e. The van der Waals surface area contributed by atoms with Gasteiger partial charge in [0.2, 0.25) is 0 Å². The Balaban J connectivity index is 0.00000169. The summed E-state index contributed by atoms with van der Waals surface area (Å²) in [7, 11) is 0. The first-order valence-corrected chi connectivity index (χ1v) is 8.99. The van der Waals surface area contributed by atoms with Crippen molar-refractivity contribution in [3.8, 4) is 0 Å². The van der Waals surface area contributed by atoms with Crippen LogP contribution in [-0.4, -0.2) is 23.7 Å². The van der Waals surface area contributed by atoms with Gasteiger partial charge in [0, 0.05) is 29.8 Å². The zero-order valence-corrected chi connectivity index (χ0v) is 14.7. The van der Waals surface area contributed by atoms with Crippen LogP contribution in [0, 0.1) is 11.8 Å². The number of aromatic carboxylic acids is 1. The molecule has 1 saturated heterocycles. The summed E-state index contributed by atoms with van der Waals surface area (Å²) in [5.74, 6) is 0.352. The number of hydrogen-bond donors (Lipinski definition) is 2. The van der Waals surface area contributed by atoms with Gasteiger partial charge in [-0.3, -0.25) is 0 Å². The average Bonchev–Trinajstić information content (AvgIpc) is 2.61. The molecule has 3 aliphatic rings. The van der Waals surface area contributed by atoms with Gasteiger partial charge in [0.05, 0.1) is 11.7 Å². The van der Waals surface area contributed by atoms with Crippen molar-refractivity contribution in [3.63, 3.8) is 0 Å². The minimum Gasteiger partial charge on any atom is -0.478 e. The molecule has 1 aromatic rings. The fraction of sp³-hybridized carbons (Fsp3) is 0.632. The van der Waals surface area contributed by atoms with Crippen LogP contribution in [-0.2, 0) is 4.74 Å². The second-order valence-corrected chi connectivity index (χ2v) is 7.27. The van der Waals surface area contributed by atoms with Crippen LogP contribution in [0.2, 0.25) is 0 Å². The first kappa shape index (κ1) is 17.6. The third kappa shape index (κ3) is 3.14. The van der Waals surface area contributed by atoms with Crippen molar-refractivity contribution in [2.75, 3.05) is 11.9 Å². The minimum absolute atomic E-state index is 0. The summed E-state index contributed by atoms with van der Waals surface area (Å²) < 4.78 is 6.14. The van der Waals surface area contributed by atoms with E-state index in [9.17, 15) is 9.90 Å². The van der Waals surface area contributed by atoms with Crippen LogP contribution in [0.5, 0.6) is 0 Å². The number of benzene rings is 1. The van der Waals surface area contributed by atoms with E-state index >= 15 is 0 Å². The number of carbonyl (C=O) groups is 1. The topological polar surface area (TPSA) is 58.6 Å². The predicted octanol–water partition coefficient (Wildman–Crippen LogP) is 4.65. The summed E-state index contributed by atoms with van der Waals surface area (Å²) in [6, 6.07) is 5.88. The smallest absolute Gasteiger partial charge is 0.335 e. The van der Waals surface area contributed by atoms with Gasteiger partial charge in [-0.2, -0.15) is 0 Å². The molecule has 2 fully saturated rings. The molecule has 3 unspecified atom stereocenters. The average molecular weight is 352 g/mol. The Hall–Kier alpha value is -1.26. The number of halogens is 1. The Bertz CT molecular complexity index is 600. The molecule has 3 atom stereocenters. The molecule has 24 heavy (non-hydrogen) atoms. The van der Waals surface area contributed by atoms with Gasteiger partial charge in [-0.25, -0.2) is 4.79 Å². The molecule has 1 aromatic carbocycles. The zero-order valence-electron chi connectivity index (χ0n) is 13.9. The maximum atomic E-state index is 11.3. The van der Waals surface area contributed by atoms with E-state index in [2.05, 4.69) is 5.32 Å². The van der Waals surface area contributed by atoms with Gasteiger partial charge in [0.1, 0.15) is 0 Å². The highest BCUT2D eigenvalue weighted by atomic mass is 35.5. The first-order valence-electron chi connectivity index (χ1n) is 8.99. The van der Waals surface area contributed by atoms with E-state index in [0.29, 0.717) is 23.4 Å². The Morgan fingerprint density at radius 1 is 1.12 bits per heavy atom. The summed E-state index contributed by atoms with van der Waals surface area (Å²) in [6.07, 6.45) is 9.05. The van der Waals surface area contributed by atoms with Gasteiger partial charge in [0.25, 0.3) is 0 Å². The highest BCUT2D eigenvalue weighted by Crippen LogP contribution is 2.47. The Morgan fingerprint density at radius 3 is 2.67 bits per heavy atom. The molecule has 2 N–H and O–H groups in total. The van der Waals surface area contributed by atoms with Gasteiger partial charge in [-0.15, -0.1) is 12.4 Å². The summed E-state index contributed by atoms with van der Waals surface area (Å²) in [6.45, 7) is 0.818. The van der Waals surface area contributed by atoms with Crippen molar-refractivity contribution in [2.45, 2.75) is 57.1 Å². The van der Waals surface area contributed by atoms with E-state index in [4.69, 9.17) is 4.74 Å². The van der Waals surface area contributed by atoms with Crippen molar-refractivity contribution in [1.29, 1.82) is 0 Å². The van der Waals surface area contributed by atoms with E-state index in [-0.39, 0.29) is 18.5 Å². The zero-order chi connectivity index (χ0) is 15.8. The lowest BCUT2D eigenvalue weighted by Gasteiger charge is -2.47. The predicted molar refractivity (Wildman–Crippen MR) is 96.1 cm³/mol. The molecule has 0 spiro atoms. The molecule has 5 heteroatoms. The molecule has 2 heterocycles. The fourth-order valence-corrected chi connectivity index (χ4v) is 4.80. The summed E-state index contributed by atoms with van der Waals surface area (Å²) in [5, 5.41) is 13.0. The number of carboxylic acids is 1. The number of ether oxygens (including phenoxy) is 1. The van der Waals surface area contributed by atoms with Crippen LogP contribution in [0.25, 0.3) is 0 Å². The van der Waals surface area contributed by atoms with Crippen LogP contribution >= 0.6 is 12.4 Å². The van der Waals surface area contributed by atoms with Crippen LogP contribution in [0.15, 0.2) is 18.2 Å². The lowest BCUT2D eigenvalue weighted by molar-refractivity contribution is -0.0458. The minimum atomic E-state index is -0.865. The van der Waals surface area contributed by atoms with Crippen LogP contribution < -0.4 is 5.32 Å². The Labute approximate surface area is 149 Å². The number of rotatable bonds is 2. The third-order valence-corrected chi connectivity index (χ3v) is 5.92. The fourth-order valence-electron chi connectivity index (χ4n) is 4.80. The molecule has 0 aromatic heterocycles. The Morgan fingerprint density at radius 2 is 1.92 bits per heavy atom. The molecule has 132 valence electrons. The molecule has 4 nitrogen and oxygen atoms in total. The highest BCUT2D eigenvalue weighted by molar-refractivity contribution is 5.89. The van der Waals surface area contributed by atoms with Crippen LogP contribution in [0.3, 0.4) is 0 Å². The van der Waals surface area contributed by atoms with Crippen molar-refractivity contribution in [2.24, 2.45) is 11.8 Å². The van der Waals surface area contributed by atoms with Gasteiger partial charge in [-0.1, -0.05) is 25.3 Å². The molecular formula is C19H26ClNO3. The normalized spacial score (nSPS) is 29.6. The quantitative estimate of drug-likeness (QED) is 0.814. The molecule has 1 aliphatic carbocycles. The number of carboxylic acid groups (broad SMARTS) is 1. The lowest BCUT2D eigenvalue weighted by atomic mass is 9.71. The summed E-state index contributed by atoms with van der Waals surface area (Å²) in [5.41, 5.74) is 2.48. The summed E-state index contributed by atoms with van der Waals surface area (Å²) in [4.78, 5) is 11.3. The van der Waals surface area contributed by atoms with Crippen LogP contribution in [0.1, 0.15) is 67.0 Å². The third-order valence-electron chi connectivity index (χ3n) is 5.92. The second kappa shape index (κ2) is 7.32. The molecule has 4 rings (SSSR count). The first-order chi connectivity index (χ1) is 11.2. The standard InChI is InChI=1S/C19H25NO3.ClH/c21-19(22)13-8-9-14-16(11-13)20-17(12-5-2-1-3-6-12)15-7-4-10-23-18(14)15;/h8-9,11-12,15,17-18,20H,1-7,10H2,(H,21,22);1H. The number of anilines is 1. The number of nitrogens with one attached hydrogen (secondary N) is 1. The Kier molecular flexibility index (Phi) is 5.36. The highest BCUT2D eigenvalue weighted by Gasteiger charge is 2.42. The van der Waals surface area contributed by atoms with Gasteiger partial charge in [-0.05, 0) is 43.7 Å². The van der Waals surface area contributed by atoms with Gasteiger partial charge < -0.3 is 15.2 Å². The van der Waals surface area contributed by atoms with Crippen molar-refractivity contribution >= 4 is 24.1 Å². The van der Waals surface area contributed by atoms with Gasteiger partial charge >= 0.3 is 5.97 Å². The van der Waals surface area contributed by atoms with E-state index < -0.39 is 5.97 Å². The van der Waals surface area contributed by atoms with Crippen LogP contribution in [0.4, 0.5) is 5.69 Å². The molecule has 0 radical (unpaired) electrons. The number of hydrogen-bond acceptors (Lipinski definition) is 3. The molecule has 0 bridgehead atoms. The molecule has 1 saturated carbocycles. The van der Waals surface area contributed by atoms with Crippen molar-refractivity contribution in [3.05, 3.63) is 29.3 Å². The monoisotopic (exact) mass is 351 g/mol. The molecule has 2 aliphatic heterocycles.